The van der Waals surface area contributed by atoms with E-state index < -0.39 is 6.23 Å². The third-order valence-electron chi connectivity index (χ3n) is 1.82. The fraction of sp³-hybridized carbons (Fsp3) is 1.00. The van der Waals surface area contributed by atoms with Crippen LogP contribution in [0, 0.1) is 0 Å². The molecule has 0 aromatic rings. The maximum atomic E-state index is 9.15. The molecule has 0 aromatic heterocycles. The molecular formula is C8H19NO2. The summed E-state index contributed by atoms with van der Waals surface area (Å²) in [5, 5.41) is 9.15. The minimum absolute atomic E-state index is 0.189. The van der Waals surface area contributed by atoms with Gasteiger partial charge in [0.2, 0.25) is 0 Å². The molecule has 0 heterocycles. The lowest BCUT2D eigenvalue weighted by Gasteiger charge is -2.30. The Kier molecular flexibility index (Phi) is 4.00. The van der Waals surface area contributed by atoms with E-state index in [0.717, 1.165) is 6.54 Å². The van der Waals surface area contributed by atoms with Gasteiger partial charge >= 0.3 is 0 Å². The van der Waals surface area contributed by atoms with Crippen molar-refractivity contribution in [3.05, 3.63) is 0 Å². The van der Waals surface area contributed by atoms with Gasteiger partial charge in [0.05, 0.1) is 5.60 Å². The van der Waals surface area contributed by atoms with Crippen LogP contribution < -0.4 is 0 Å². The first-order chi connectivity index (χ1) is 4.89. The number of rotatable bonds is 4. The van der Waals surface area contributed by atoms with Crippen LogP contribution in [0.2, 0.25) is 0 Å². The van der Waals surface area contributed by atoms with E-state index in [9.17, 15) is 0 Å². The van der Waals surface area contributed by atoms with E-state index in [1.165, 1.54) is 0 Å². The molecule has 0 aromatic carbocycles. The van der Waals surface area contributed by atoms with Crippen molar-refractivity contribution in [3.63, 3.8) is 0 Å². The van der Waals surface area contributed by atoms with E-state index in [2.05, 4.69) is 0 Å². The second-order valence-electron chi connectivity index (χ2n) is 3.51. The van der Waals surface area contributed by atoms with E-state index in [1.54, 1.807) is 14.0 Å². The molecule has 0 fully saturated rings. The number of aliphatic hydroxyl groups excluding tert-OH is 1. The molecule has 0 saturated heterocycles. The molecule has 3 heteroatoms. The Hall–Kier alpha value is -0.120. The molecule has 0 saturated carbocycles. The highest BCUT2D eigenvalue weighted by Gasteiger charge is 2.20. The van der Waals surface area contributed by atoms with Gasteiger partial charge in [0.15, 0.2) is 0 Å². The third-order valence-corrected chi connectivity index (χ3v) is 1.82. The Balaban J connectivity index is 3.83. The minimum Gasteiger partial charge on any atom is -0.379 e. The average molecular weight is 161 g/mol. The van der Waals surface area contributed by atoms with Crippen LogP contribution in [-0.4, -0.2) is 42.5 Å². The zero-order valence-corrected chi connectivity index (χ0v) is 8.09. The van der Waals surface area contributed by atoms with Crippen molar-refractivity contribution in [2.24, 2.45) is 0 Å². The molecule has 11 heavy (non-hydrogen) atoms. The zero-order valence-electron chi connectivity index (χ0n) is 8.09. The monoisotopic (exact) mass is 161 g/mol. The van der Waals surface area contributed by atoms with Gasteiger partial charge in [0, 0.05) is 13.7 Å². The lowest BCUT2D eigenvalue weighted by molar-refractivity contribution is -0.0468. The molecule has 0 amide bonds. The summed E-state index contributed by atoms with van der Waals surface area (Å²) < 4.78 is 5.21. The zero-order chi connectivity index (χ0) is 9.07. The maximum absolute atomic E-state index is 9.15. The normalized spacial score (nSPS) is 15.5. The van der Waals surface area contributed by atoms with E-state index in [4.69, 9.17) is 9.84 Å². The minimum atomic E-state index is -0.413. The van der Waals surface area contributed by atoms with Gasteiger partial charge in [-0.1, -0.05) is 0 Å². The summed E-state index contributed by atoms with van der Waals surface area (Å²) in [5.41, 5.74) is -0.189. The predicted molar refractivity (Wildman–Crippen MR) is 45.4 cm³/mol. The van der Waals surface area contributed by atoms with Crippen molar-refractivity contribution in [1.82, 2.24) is 4.90 Å². The number of nitrogens with zero attached hydrogens (tertiary/aromatic N) is 1. The summed E-state index contributed by atoms with van der Waals surface area (Å²) in [6.45, 7) is 6.45. The molecule has 0 bridgehead atoms. The SMILES string of the molecule is COC(C)(C)CN(C)C(C)O. The molecule has 1 N–H and O–H groups in total. The molecule has 0 spiro atoms. The van der Waals surface area contributed by atoms with Crippen LogP contribution in [0.5, 0.6) is 0 Å². The predicted octanol–water partition coefficient (Wildman–Crippen LogP) is 0.681. The van der Waals surface area contributed by atoms with E-state index in [-0.39, 0.29) is 5.60 Å². The van der Waals surface area contributed by atoms with Gasteiger partial charge in [0.1, 0.15) is 6.23 Å². The number of ether oxygens (including phenoxy) is 1. The largest absolute Gasteiger partial charge is 0.379 e. The van der Waals surface area contributed by atoms with Gasteiger partial charge in [-0.05, 0) is 27.8 Å². The third kappa shape index (κ3) is 4.35. The van der Waals surface area contributed by atoms with Gasteiger partial charge < -0.3 is 9.84 Å². The fourth-order valence-electron chi connectivity index (χ4n) is 0.797. The Morgan fingerprint density at radius 3 is 2.27 bits per heavy atom. The molecule has 68 valence electrons. The van der Waals surface area contributed by atoms with Gasteiger partial charge in [-0.15, -0.1) is 0 Å². The summed E-state index contributed by atoms with van der Waals surface area (Å²) in [4.78, 5) is 1.84. The second-order valence-corrected chi connectivity index (χ2v) is 3.51. The molecule has 0 aliphatic carbocycles. The summed E-state index contributed by atoms with van der Waals surface area (Å²) in [7, 11) is 3.54. The number of aliphatic hydroxyl groups is 1. The van der Waals surface area contributed by atoms with Crippen LogP contribution >= 0.6 is 0 Å². The van der Waals surface area contributed by atoms with Gasteiger partial charge in [-0.3, -0.25) is 4.90 Å². The van der Waals surface area contributed by atoms with E-state index in [0.29, 0.717) is 0 Å². The van der Waals surface area contributed by atoms with Crippen LogP contribution in [0.1, 0.15) is 20.8 Å². The van der Waals surface area contributed by atoms with Crippen molar-refractivity contribution in [2.45, 2.75) is 32.6 Å². The number of methoxy groups -OCH3 is 1. The highest BCUT2D eigenvalue weighted by atomic mass is 16.5. The molecular weight excluding hydrogens is 142 g/mol. The van der Waals surface area contributed by atoms with Gasteiger partial charge in [-0.25, -0.2) is 0 Å². The van der Waals surface area contributed by atoms with Crippen molar-refractivity contribution in [2.75, 3.05) is 20.7 Å². The van der Waals surface area contributed by atoms with Crippen LogP contribution in [0.15, 0.2) is 0 Å². The molecule has 0 radical (unpaired) electrons. The lowest BCUT2D eigenvalue weighted by atomic mass is 10.1. The maximum Gasteiger partial charge on any atom is 0.104 e. The topological polar surface area (TPSA) is 32.7 Å². The lowest BCUT2D eigenvalue weighted by Crippen LogP contribution is -2.41. The molecule has 3 nitrogen and oxygen atoms in total. The van der Waals surface area contributed by atoms with Gasteiger partial charge in [0.25, 0.3) is 0 Å². The van der Waals surface area contributed by atoms with E-state index in [1.807, 2.05) is 25.8 Å². The van der Waals surface area contributed by atoms with Crippen LogP contribution in [0.4, 0.5) is 0 Å². The first-order valence-corrected chi connectivity index (χ1v) is 3.82. The number of hydrogen-bond acceptors (Lipinski definition) is 3. The molecule has 1 unspecified atom stereocenters. The number of hydrogen-bond donors (Lipinski definition) is 1. The summed E-state index contributed by atoms with van der Waals surface area (Å²) in [6.07, 6.45) is -0.413. The van der Waals surface area contributed by atoms with E-state index >= 15 is 0 Å². The van der Waals surface area contributed by atoms with Crippen molar-refractivity contribution in [3.8, 4) is 0 Å². The Labute approximate surface area is 69.0 Å². The average Bonchev–Trinajstić information content (AvgIpc) is 1.87. The quantitative estimate of drug-likeness (QED) is 0.615. The number of likely N-dealkylation sites (N-methyl/N-ethyl adjacent to an activating group) is 1. The highest BCUT2D eigenvalue weighted by Crippen LogP contribution is 2.09. The fourth-order valence-corrected chi connectivity index (χ4v) is 0.797. The molecule has 1 atom stereocenters. The van der Waals surface area contributed by atoms with Crippen molar-refractivity contribution >= 4 is 0 Å². The first-order valence-electron chi connectivity index (χ1n) is 3.82. The summed E-state index contributed by atoms with van der Waals surface area (Å²) in [5.74, 6) is 0. The molecule has 0 aliphatic heterocycles. The Bertz CT molecular complexity index is 113. The van der Waals surface area contributed by atoms with Gasteiger partial charge in [-0.2, -0.15) is 0 Å². The molecule has 0 rings (SSSR count). The van der Waals surface area contributed by atoms with Crippen molar-refractivity contribution < 1.29 is 9.84 Å². The van der Waals surface area contributed by atoms with Crippen LogP contribution in [0.3, 0.4) is 0 Å². The summed E-state index contributed by atoms with van der Waals surface area (Å²) in [6, 6.07) is 0. The van der Waals surface area contributed by atoms with Crippen LogP contribution in [0.25, 0.3) is 0 Å². The Morgan fingerprint density at radius 2 is 2.00 bits per heavy atom. The first kappa shape index (κ1) is 10.9. The van der Waals surface area contributed by atoms with Crippen LogP contribution in [-0.2, 0) is 4.74 Å². The summed E-state index contributed by atoms with van der Waals surface area (Å²) >= 11 is 0. The highest BCUT2D eigenvalue weighted by molar-refractivity contribution is 4.72. The molecule has 0 aliphatic rings. The second kappa shape index (κ2) is 4.04. The smallest absolute Gasteiger partial charge is 0.104 e. The Morgan fingerprint density at radius 1 is 1.55 bits per heavy atom. The van der Waals surface area contributed by atoms with Crippen molar-refractivity contribution in [1.29, 1.82) is 0 Å². The standard InChI is InChI=1S/C8H19NO2/c1-7(10)9(4)6-8(2,3)11-5/h7,10H,6H2,1-5H3.